The van der Waals surface area contributed by atoms with Crippen LogP contribution >= 0.6 is 0 Å². The highest BCUT2D eigenvalue weighted by Gasteiger charge is 2.29. The van der Waals surface area contributed by atoms with E-state index in [9.17, 15) is 22.8 Å². The molecule has 1 aromatic heterocycles. The first-order valence-electron chi connectivity index (χ1n) is 5.74. The summed E-state index contributed by atoms with van der Waals surface area (Å²) in [7, 11) is 0. The van der Waals surface area contributed by atoms with Gasteiger partial charge in [-0.1, -0.05) is 12.1 Å². The Bertz CT molecular complexity index is 727. The van der Waals surface area contributed by atoms with Crippen LogP contribution in [0.5, 0.6) is 0 Å². The molecule has 2 rings (SSSR count). The lowest BCUT2D eigenvalue weighted by atomic mass is 10.1. The number of nitrogens with zero attached hydrogens (tertiary/aromatic N) is 1. The smallest absolute Gasteiger partial charge is 0.296 e. The number of nitrogens with one attached hydrogen (secondary N) is 1. The molecule has 0 aliphatic rings. The molecule has 0 aliphatic carbocycles. The van der Waals surface area contributed by atoms with Crippen molar-refractivity contribution in [3.05, 3.63) is 68.0 Å². The van der Waals surface area contributed by atoms with E-state index in [-0.39, 0.29) is 6.54 Å². The van der Waals surface area contributed by atoms with Crippen molar-refractivity contribution in [3.63, 3.8) is 0 Å². The third-order valence-electron chi connectivity index (χ3n) is 2.82. The summed E-state index contributed by atoms with van der Waals surface area (Å²) in [6.07, 6.45) is -3.01. The quantitative estimate of drug-likeness (QED) is 0.916. The Morgan fingerprint density at radius 2 is 1.75 bits per heavy atom. The van der Waals surface area contributed by atoms with Gasteiger partial charge in [0.15, 0.2) is 0 Å². The third-order valence-corrected chi connectivity index (χ3v) is 2.82. The van der Waals surface area contributed by atoms with Crippen molar-refractivity contribution in [3.8, 4) is 0 Å². The zero-order valence-corrected chi connectivity index (χ0v) is 10.5. The van der Waals surface area contributed by atoms with E-state index in [1.807, 2.05) is 0 Å². The molecule has 1 aromatic carbocycles. The first kappa shape index (κ1) is 14.1. The standard InChI is InChI=1S/C13H11F3N2O2/c1-8-6-18(12(20)17-11(8)19)7-9-2-4-10(5-3-9)13(14,15)16/h2-6H,7H2,1H3,(H,17,19,20). The summed E-state index contributed by atoms with van der Waals surface area (Å²) in [6.45, 7) is 1.64. The third kappa shape index (κ3) is 2.98. The van der Waals surface area contributed by atoms with Crippen LogP contribution in [0.25, 0.3) is 0 Å². The van der Waals surface area contributed by atoms with Gasteiger partial charge in [-0.15, -0.1) is 0 Å². The van der Waals surface area contributed by atoms with Crippen molar-refractivity contribution >= 4 is 0 Å². The zero-order valence-electron chi connectivity index (χ0n) is 10.5. The molecule has 0 fully saturated rings. The van der Waals surface area contributed by atoms with Crippen LogP contribution in [0.2, 0.25) is 0 Å². The number of halogens is 3. The average molecular weight is 284 g/mol. The van der Waals surface area contributed by atoms with Gasteiger partial charge >= 0.3 is 11.9 Å². The largest absolute Gasteiger partial charge is 0.416 e. The van der Waals surface area contributed by atoms with Crippen LogP contribution in [0, 0.1) is 6.92 Å². The van der Waals surface area contributed by atoms with Crippen molar-refractivity contribution in [2.24, 2.45) is 0 Å². The van der Waals surface area contributed by atoms with Crippen LogP contribution in [-0.2, 0) is 12.7 Å². The van der Waals surface area contributed by atoms with Gasteiger partial charge in [-0.2, -0.15) is 13.2 Å². The van der Waals surface area contributed by atoms with E-state index in [4.69, 9.17) is 0 Å². The molecule has 0 atom stereocenters. The maximum atomic E-state index is 12.4. The molecule has 1 heterocycles. The highest BCUT2D eigenvalue weighted by molar-refractivity contribution is 5.24. The number of aromatic amines is 1. The number of aryl methyl sites for hydroxylation is 1. The van der Waals surface area contributed by atoms with Crippen molar-refractivity contribution < 1.29 is 13.2 Å². The summed E-state index contributed by atoms with van der Waals surface area (Å²) in [5, 5.41) is 0. The Balaban J connectivity index is 2.29. The van der Waals surface area contributed by atoms with E-state index in [2.05, 4.69) is 4.98 Å². The molecular weight excluding hydrogens is 273 g/mol. The van der Waals surface area contributed by atoms with Gasteiger partial charge in [0, 0.05) is 11.8 Å². The molecule has 4 nitrogen and oxygen atoms in total. The van der Waals surface area contributed by atoms with Gasteiger partial charge in [0.1, 0.15) is 0 Å². The van der Waals surface area contributed by atoms with E-state index in [1.54, 1.807) is 6.92 Å². The molecule has 0 radical (unpaired) electrons. The summed E-state index contributed by atoms with van der Waals surface area (Å²) in [4.78, 5) is 24.9. The second kappa shape index (κ2) is 4.99. The summed E-state index contributed by atoms with van der Waals surface area (Å²) >= 11 is 0. The van der Waals surface area contributed by atoms with Crippen LogP contribution in [-0.4, -0.2) is 9.55 Å². The van der Waals surface area contributed by atoms with Crippen LogP contribution < -0.4 is 11.2 Å². The minimum absolute atomic E-state index is 0.0919. The van der Waals surface area contributed by atoms with E-state index in [0.717, 1.165) is 12.1 Å². The fraction of sp³-hybridized carbons (Fsp3) is 0.231. The first-order chi connectivity index (χ1) is 9.27. The van der Waals surface area contributed by atoms with Crippen molar-refractivity contribution in [1.29, 1.82) is 0 Å². The topological polar surface area (TPSA) is 54.9 Å². The van der Waals surface area contributed by atoms with E-state index < -0.39 is 23.0 Å². The number of rotatable bonds is 2. The van der Waals surface area contributed by atoms with Gasteiger partial charge in [0.2, 0.25) is 0 Å². The summed E-state index contributed by atoms with van der Waals surface area (Å²) in [5.74, 6) is 0. The van der Waals surface area contributed by atoms with Crippen molar-refractivity contribution in [2.45, 2.75) is 19.6 Å². The van der Waals surface area contributed by atoms with Gasteiger partial charge in [0.05, 0.1) is 12.1 Å². The number of benzene rings is 1. The SMILES string of the molecule is Cc1cn(Cc2ccc(C(F)(F)F)cc2)c(=O)[nH]c1=O. The maximum absolute atomic E-state index is 12.4. The minimum Gasteiger partial charge on any atom is -0.296 e. The lowest BCUT2D eigenvalue weighted by Crippen LogP contribution is -2.31. The highest BCUT2D eigenvalue weighted by Crippen LogP contribution is 2.29. The fourth-order valence-electron chi connectivity index (χ4n) is 1.73. The molecule has 0 spiro atoms. The molecule has 106 valence electrons. The molecule has 0 aliphatic heterocycles. The second-order valence-corrected chi connectivity index (χ2v) is 4.39. The normalized spacial score (nSPS) is 11.6. The Labute approximate surface area is 111 Å². The van der Waals surface area contributed by atoms with Crippen LogP contribution in [0.3, 0.4) is 0 Å². The summed E-state index contributed by atoms with van der Waals surface area (Å²) in [6, 6.07) is 4.52. The lowest BCUT2D eigenvalue weighted by molar-refractivity contribution is -0.137. The average Bonchev–Trinajstić information content (AvgIpc) is 2.35. The Morgan fingerprint density at radius 1 is 1.15 bits per heavy atom. The molecule has 0 saturated carbocycles. The van der Waals surface area contributed by atoms with Gasteiger partial charge in [-0.05, 0) is 24.6 Å². The first-order valence-corrected chi connectivity index (χ1v) is 5.74. The van der Waals surface area contributed by atoms with E-state index >= 15 is 0 Å². The van der Waals surface area contributed by atoms with Crippen molar-refractivity contribution in [2.75, 3.05) is 0 Å². The molecule has 0 bridgehead atoms. The highest BCUT2D eigenvalue weighted by atomic mass is 19.4. The molecule has 2 aromatic rings. The molecule has 0 saturated heterocycles. The predicted molar refractivity (Wildman–Crippen MR) is 66.6 cm³/mol. The summed E-state index contributed by atoms with van der Waals surface area (Å²) < 4.78 is 38.5. The minimum atomic E-state index is -4.38. The van der Waals surface area contributed by atoms with Crippen LogP contribution in [0.15, 0.2) is 40.1 Å². The van der Waals surface area contributed by atoms with Gasteiger partial charge < -0.3 is 0 Å². The lowest BCUT2D eigenvalue weighted by Gasteiger charge is -2.09. The van der Waals surface area contributed by atoms with Gasteiger partial charge in [-0.3, -0.25) is 14.3 Å². The number of hydrogen-bond donors (Lipinski definition) is 1. The molecule has 1 N–H and O–H groups in total. The Hall–Kier alpha value is -2.31. The van der Waals surface area contributed by atoms with Crippen LogP contribution in [0.1, 0.15) is 16.7 Å². The molecule has 0 amide bonds. The molecule has 20 heavy (non-hydrogen) atoms. The Morgan fingerprint density at radius 3 is 2.30 bits per heavy atom. The number of H-pyrrole nitrogens is 1. The number of aromatic nitrogens is 2. The zero-order chi connectivity index (χ0) is 14.9. The van der Waals surface area contributed by atoms with Crippen molar-refractivity contribution in [1.82, 2.24) is 9.55 Å². The summed E-state index contributed by atoms with van der Waals surface area (Å²) in [5.41, 5.74) is -0.923. The second-order valence-electron chi connectivity index (χ2n) is 4.39. The monoisotopic (exact) mass is 284 g/mol. The fourth-order valence-corrected chi connectivity index (χ4v) is 1.73. The predicted octanol–water partition coefficient (Wildman–Crippen LogP) is 1.91. The molecule has 0 unspecified atom stereocenters. The molecular formula is C13H11F3N2O2. The number of hydrogen-bond acceptors (Lipinski definition) is 2. The van der Waals surface area contributed by atoms with Crippen LogP contribution in [0.4, 0.5) is 13.2 Å². The molecule has 7 heteroatoms. The Kier molecular flexibility index (Phi) is 3.52. The van der Waals surface area contributed by atoms with Gasteiger partial charge in [0.25, 0.3) is 5.56 Å². The van der Waals surface area contributed by atoms with E-state index in [0.29, 0.717) is 11.1 Å². The van der Waals surface area contributed by atoms with E-state index in [1.165, 1.54) is 22.9 Å². The van der Waals surface area contributed by atoms with Gasteiger partial charge in [-0.25, -0.2) is 4.79 Å². The number of alkyl halides is 3. The maximum Gasteiger partial charge on any atom is 0.416 e.